The summed E-state index contributed by atoms with van der Waals surface area (Å²) in [6, 6.07) is 17.4. The molecule has 2 heterocycles. The average Bonchev–Trinajstić information content (AvgIpc) is 3.25. The van der Waals surface area contributed by atoms with Crippen LogP contribution >= 0.6 is 0 Å². The Morgan fingerprint density at radius 2 is 1.87 bits per heavy atom. The summed E-state index contributed by atoms with van der Waals surface area (Å²) in [7, 11) is 1.80. The van der Waals surface area contributed by atoms with Gasteiger partial charge in [0.25, 0.3) is 5.89 Å². The Morgan fingerprint density at radius 1 is 1.03 bits per heavy atom. The number of nitrogens with zero attached hydrogens (tertiary/aromatic N) is 4. The van der Waals surface area contributed by atoms with Gasteiger partial charge in [0.05, 0.1) is 0 Å². The molecule has 2 aromatic heterocycles. The smallest absolute Gasteiger partial charge is 0.253 e. The van der Waals surface area contributed by atoms with Crippen molar-refractivity contribution in [2.75, 3.05) is 7.05 Å². The van der Waals surface area contributed by atoms with Crippen molar-refractivity contribution in [2.24, 2.45) is 0 Å². The van der Waals surface area contributed by atoms with Gasteiger partial charge in [-0.15, -0.1) is 10.2 Å². The third-order valence-electron chi connectivity index (χ3n) is 4.77. The maximum absolute atomic E-state index is 12.6. The SMILES string of the molecule is CN(Cc1cccc2cnccc12)C(=O)CCc1nnc(COc2ccccc2)o1. The molecule has 0 N–H and O–H groups in total. The van der Waals surface area contributed by atoms with Crippen molar-refractivity contribution in [3.05, 3.63) is 84.3 Å². The van der Waals surface area contributed by atoms with E-state index in [0.29, 0.717) is 31.2 Å². The van der Waals surface area contributed by atoms with Crippen molar-refractivity contribution in [3.8, 4) is 5.75 Å². The second kappa shape index (κ2) is 9.17. The zero-order chi connectivity index (χ0) is 20.8. The van der Waals surface area contributed by atoms with Crippen LogP contribution in [0.25, 0.3) is 10.8 Å². The third-order valence-corrected chi connectivity index (χ3v) is 4.77. The summed E-state index contributed by atoms with van der Waals surface area (Å²) in [5.74, 6) is 1.57. The minimum atomic E-state index is 0.0151. The van der Waals surface area contributed by atoms with Gasteiger partial charge in [0.2, 0.25) is 11.8 Å². The van der Waals surface area contributed by atoms with Gasteiger partial charge in [-0.1, -0.05) is 36.4 Å². The molecule has 0 saturated heterocycles. The molecule has 0 aliphatic carbocycles. The Labute approximate surface area is 174 Å². The second-order valence-corrected chi connectivity index (χ2v) is 6.96. The van der Waals surface area contributed by atoms with Crippen molar-refractivity contribution < 1.29 is 13.9 Å². The van der Waals surface area contributed by atoms with Crippen molar-refractivity contribution in [1.82, 2.24) is 20.1 Å². The van der Waals surface area contributed by atoms with E-state index in [-0.39, 0.29) is 12.5 Å². The molecule has 0 unspecified atom stereocenters. The van der Waals surface area contributed by atoms with Crippen LogP contribution in [0.3, 0.4) is 0 Å². The fourth-order valence-electron chi connectivity index (χ4n) is 3.19. The second-order valence-electron chi connectivity index (χ2n) is 6.96. The van der Waals surface area contributed by atoms with Gasteiger partial charge in [-0.2, -0.15) is 0 Å². The molecule has 7 heteroatoms. The molecule has 0 saturated carbocycles. The number of aryl methyl sites for hydroxylation is 1. The molecule has 0 spiro atoms. The monoisotopic (exact) mass is 402 g/mol. The van der Waals surface area contributed by atoms with Crippen molar-refractivity contribution in [1.29, 1.82) is 0 Å². The van der Waals surface area contributed by atoms with Crippen LogP contribution in [0.2, 0.25) is 0 Å². The van der Waals surface area contributed by atoms with Gasteiger partial charge in [0.15, 0.2) is 6.61 Å². The number of carbonyl (C=O) groups excluding carboxylic acids is 1. The molecule has 0 aliphatic rings. The Balaban J connectivity index is 1.29. The van der Waals surface area contributed by atoms with E-state index in [0.717, 1.165) is 22.1 Å². The summed E-state index contributed by atoms with van der Waals surface area (Å²) in [6.07, 6.45) is 4.28. The summed E-state index contributed by atoms with van der Waals surface area (Å²) in [5.41, 5.74) is 1.09. The van der Waals surface area contributed by atoms with Crippen LogP contribution in [0.4, 0.5) is 0 Å². The highest BCUT2D eigenvalue weighted by Gasteiger charge is 2.14. The lowest BCUT2D eigenvalue weighted by molar-refractivity contribution is -0.130. The molecule has 2 aromatic carbocycles. The van der Waals surface area contributed by atoms with Crippen molar-refractivity contribution in [2.45, 2.75) is 26.0 Å². The largest absolute Gasteiger partial charge is 0.484 e. The van der Waals surface area contributed by atoms with Gasteiger partial charge >= 0.3 is 0 Å². The Bertz CT molecular complexity index is 1120. The van der Waals surface area contributed by atoms with Crippen LogP contribution in [0, 0.1) is 0 Å². The number of carbonyl (C=O) groups is 1. The van der Waals surface area contributed by atoms with E-state index in [4.69, 9.17) is 9.15 Å². The number of para-hydroxylation sites is 1. The fraction of sp³-hybridized carbons (Fsp3) is 0.217. The molecule has 7 nitrogen and oxygen atoms in total. The van der Waals surface area contributed by atoms with Gasteiger partial charge in [0.1, 0.15) is 5.75 Å². The van der Waals surface area contributed by atoms with Crippen LogP contribution in [-0.2, 0) is 24.4 Å². The van der Waals surface area contributed by atoms with E-state index in [1.807, 2.05) is 60.8 Å². The van der Waals surface area contributed by atoms with Crippen LogP contribution in [0.1, 0.15) is 23.8 Å². The van der Waals surface area contributed by atoms with Crippen molar-refractivity contribution in [3.63, 3.8) is 0 Å². The summed E-state index contributed by atoms with van der Waals surface area (Å²) in [5, 5.41) is 10.2. The van der Waals surface area contributed by atoms with Gasteiger partial charge in [-0.05, 0) is 29.1 Å². The zero-order valence-electron chi connectivity index (χ0n) is 16.7. The minimum Gasteiger partial charge on any atom is -0.484 e. The lowest BCUT2D eigenvalue weighted by Crippen LogP contribution is -2.26. The number of benzene rings is 2. The lowest BCUT2D eigenvalue weighted by atomic mass is 10.1. The van der Waals surface area contributed by atoms with Crippen LogP contribution in [0.5, 0.6) is 5.75 Å². The Morgan fingerprint density at radius 3 is 2.73 bits per heavy atom. The zero-order valence-corrected chi connectivity index (χ0v) is 16.7. The molecule has 30 heavy (non-hydrogen) atoms. The molecule has 0 bridgehead atoms. The first-order valence-corrected chi connectivity index (χ1v) is 9.74. The molecular weight excluding hydrogens is 380 g/mol. The van der Waals surface area contributed by atoms with E-state index >= 15 is 0 Å². The highest BCUT2D eigenvalue weighted by atomic mass is 16.5. The Kier molecular flexibility index (Phi) is 5.98. The molecule has 0 radical (unpaired) electrons. The molecule has 4 rings (SSSR count). The van der Waals surface area contributed by atoms with Crippen LogP contribution in [-0.4, -0.2) is 33.0 Å². The van der Waals surface area contributed by atoms with E-state index in [2.05, 4.69) is 15.2 Å². The van der Waals surface area contributed by atoms with E-state index < -0.39 is 0 Å². The van der Waals surface area contributed by atoms with E-state index in [9.17, 15) is 4.79 Å². The van der Waals surface area contributed by atoms with Gasteiger partial charge in [-0.3, -0.25) is 9.78 Å². The lowest BCUT2D eigenvalue weighted by Gasteiger charge is -2.18. The van der Waals surface area contributed by atoms with Crippen molar-refractivity contribution >= 4 is 16.7 Å². The number of fused-ring (bicyclic) bond motifs is 1. The first kappa shape index (κ1) is 19.6. The molecule has 4 aromatic rings. The molecule has 0 atom stereocenters. The van der Waals surface area contributed by atoms with Crippen LogP contribution < -0.4 is 4.74 Å². The van der Waals surface area contributed by atoms with E-state index in [1.165, 1.54) is 0 Å². The standard InChI is InChI=1S/C23H22N4O3/c1-27(15-18-7-5-6-17-14-24-13-12-20(17)18)23(28)11-10-21-25-26-22(30-21)16-29-19-8-3-2-4-9-19/h2-9,12-14H,10-11,15-16H2,1H3. The van der Waals surface area contributed by atoms with Gasteiger partial charge in [-0.25, -0.2) is 0 Å². The number of amides is 1. The topological polar surface area (TPSA) is 81.4 Å². The highest BCUT2D eigenvalue weighted by molar-refractivity contribution is 5.85. The molecular formula is C23H22N4O3. The average molecular weight is 402 g/mol. The summed E-state index contributed by atoms with van der Waals surface area (Å²) in [6.45, 7) is 0.723. The first-order chi connectivity index (χ1) is 14.7. The first-order valence-electron chi connectivity index (χ1n) is 9.74. The molecule has 152 valence electrons. The summed E-state index contributed by atoms with van der Waals surface area (Å²) >= 11 is 0. The number of ether oxygens (including phenoxy) is 1. The third kappa shape index (κ3) is 4.81. The van der Waals surface area contributed by atoms with Gasteiger partial charge in [0, 0.05) is 44.2 Å². The number of hydrogen-bond donors (Lipinski definition) is 0. The minimum absolute atomic E-state index is 0.0151. The predicted octanol–water partition coefficient (Wildman–Crippen LogP) is 3.79. The highest BCUT2D eigenvalue weighted by Crippen LogP contribution is 2.19. The fourth-order valence-corrected chi connectivity index (χ4v) is 3.19. The van der Waals surface area contributed by atoms with Crippen LogP contribution in [0.15, 0.2) is 71.4 Å². The van der Waals surface area contributed by atoms with Gasteiger partial charge < -0.3 is 14.1 Å². The number of hydrogen-bond acceptors (Lipinski definition) is 6. The normalized spacial score (nSPS) is 10.8. The predicted molar refractivity (Wildman–Crippen MR) is 112 cm³/mol. The Hall–Kier alpha value is -3.74. The summed E-state index contributed by atoms with van der Waals surface area (Å²) in [4.78, 5) is 18.4. The molecule has 0 aliphatic heterocycles. The quantitative estimate of drug-likeness (QED) is 0.446. The maximum atomic E-state index is 12.6. The maximum Gasteiger partial charge on any atom is 0.253 e. The van der Waals surface area contributed by atoms with E-state index in [1.54, 1.807) is 18.1 Å². The summed E-state index contributed by atoms with van der Waals surface area (Å²) < 4.78 is 11.2. The molecule has 0 fully saturated rings. The number of pyridine rings is 1. The number of aromatic nitrogens is 3. The molecule has 1 amide bonds. The number of rotatable bonds is 8.